The zero-order valence-electron chi connectivity index (χ0n) is 11.6. The molecule has 0 amide bonds. The van der Waals surface area contributed by atoms with E-state index in [0.717, 1.165) is 30.9 Å². The lowest BCUT2D eigenvalue weighted by Gasteiger charge is -2.33. The Hall–Kier alpha value is -1.65. The molecule has 4 nitrogen and oxygen atoms in total. The minimum atomic E-state index is -0.411. The number of nitrogens with one attached hydrogen (secondary N) is 1. The van der Waals surface area contributed by atoms with E-state index in [4.69, 9.17) is 0 Å². The molecule has 3 rings (SSSR count). The third kappa shape index (κ3) is 3.08. The predicted molar refractivity (Wildman–Crippen MR) is 78.4 cm³/mol. The van der Waals surface area contributed by atoms with Gasteiger partial charge in [-0.1, -0.05) is 30.3 Å². The summed E-state index contributed by atoms with van der Waals surface area (Å²) in [6, 6.07) is 9.89. The monoisotopic (exact) mass is 271 g/mol. The van der Waals surface area contributed by atoms with Gasteiger partial charge in [0.2, 0.25) is 0 Å². The molecule has 2 aromatic rings. The first-order valence-corrected chi connectivity index (χ1v) is 7.27. The van der Waals surface area contributed by atoms with Crippen molar-refractivity contribution in [2.75, 3.05) is 19.6 Å². The van der Waals surface area contributed by atoms with E-state index in [-0.39, 0.29) is 0 Å². The zero-order valence-corrected chi connectivity index (χ0v) is 11.6. The number of aromatic nitrogens is 2. The van der Waals surface area contributed by atoms with Crippen LogP contribution in [0.2, 0.25) is 0 Å². The molecule has 0 radical (unpaired) electrons. The number of aliphatic hydroxyl groups excluding tert-OH is 1. The average Bonchev–Trinajstić information content (AvgIpc) is 3.03. The first-order chi connectivity index (χ1) is 9.83. The van der Waals surface area contributed by atoms with Gasteiger partial charge in [0.1, 0.15) is 5.82 Å². The Bertz CT molecular complexity index is 512. The highest BCUT2D eigenvalue weighted by molar-refractivity contribution is 5.17. The topological polar surface area (TPSA) is 52.1 Å². The Morgan fingerprint density at radius 3 is 2.95 bits per heavy atom. The number of hydrogen-bond donors (Lipinski definition) is 2. The SMILES string of the molecule is O[C@@H](CN1CCCC(c2ncc[nH]2)C1)c1ccccc1. The molecule has 0 saturated carbocycles. The van der Waals surface area contributed by atoms with Crippen LogP contribution >= 0.6 is 0 Å². The summed E-state index contributed by atoms with van der Waals surface area (Å²) in [4.78, 5) is 9.92. The summed E-state index contributed by atoms with van der Waals surface area (Å²) in [5.41, 5.74) is 0.993. The van der Waals surface area contributed by atoms with Crippen molar-refractivity contribution in [2.24, 2.45) is 0 Å². The number of benzene rings is 1. The number of piperidine rings is 1. The second-order valence-corrected chi connectivity index (χ2v) is 5.50. The molecule has 0 spiro atoms. The summed E-state index contributed by atoms with van der Waals surface area (Å²) in [6.07, 6.45) is 5.62. The minimum absolute atomic E-state index is 0.411. The first kappa shape index (κ1) is 13.3. The second-order valence-electron chi connectivity index (χ2n) is 5.50. The van der Waals surface area contributed by atoms with Crippen molar-refractivity contribution in [1.29, 1.82) is 0 Å². The van der Waals surface area contributed by atoms with E-state index in [9.17, 15) is 5.11 Å². The average molecular weight is 271 g/mol. The minimum Gasteiger partial charge on any atom is -0.387 e. The fourth-order valence-electron chi connectivity index (χ4n) is 2.97. The molecule has 0 bridgehead atoms. The van der Waals surface area contributed by atoms with E-state index in [1.807, 2.05) is 42.7 Å². The largest absolute Gasteiger partial charge is 0.387 e. The molecule has 1 aromatic carbocycles. The maximum absolute atomic E-state index is 10.3. The van der Waals surface area contributed by atoms with Crippen LogP contribution in [0.25, 0.3) is 0 Å². The summed E-state index contributed by atoms with van der Waals surface area (Å²) < 4.78 is 0. The quantitative estimate of drug-likeness (QED) is 0.897. The number of H-pyrrole nitrogens is 1. The van der Waals surface area contributed by atoms with Gasteiger partial charge in [0, 0.05) is 31.4 Å². The zero-order chi connectivity index (χ0) is 13.8. The highest BCUT2D eigenvalue weighted by Gasteiger charge is 2.24. The highest BCUT2D eigenvalue weighted by Crippen LogP contribution is 2.25. The van der Waals surface area contributed by atoms with E-state index in [1.165, 1.54) is 6.42 Å². The number of imidazole rings is 1. The number of β-amino-alcohol motifs (C(OH)–C–C–N with tert-alkyl or cyclic N) is 1. The molecule has 4 heteroatoms. The molecule has 0 aliphatic carbocycles. The third-order valence-corrected chi connectivity index (χ3v) is 4.03. The third-order valence-electron chi connectivity index (χ3n) is 4.03. The van der Waals surface area contributed by atoms with Gasteiger partial charge < -0.3 is 10.1 Å². The van der Waals surface area contributed by atoms with E-state index in [0.29, 0.717) is 12.5 Å². The van der Waals surface area contributed by atoms with Gasteiger partial charge >= 0.3 is 0 Å². The van der Waals surface area contributed by atoms with Crippen LogP contribution in [0.1, 0.15) is 36.3 Å². The maximum Gasteiger partial charge on any atom is 0.110 e. The Labute approximate surface area is 119 Å². The van der Waals surface area contributed by atoms with Crippen LogP contribution < -0.4 is 0 Å². The number of aliphatic hydroxyl groups is 1. The van der Waals surface area contributed by atoms with Gasteiger partial charge in [-0.2, -0.15) is 0 Å². The molecule has 1 aromatic heterocycles. The molecule has 2 heterocycles. The van der Waals surface area contributed by atoms with Crippen molar-refractivity contribution in [3.05, 3.63) is 54.1 Å². The van der Waals surface area contributed by atoms with Crippen molar-refractivity contribution >= 4 is 0 Å². The van der Waals surface area contributed by atoms with Crippen molar-refractivity contribution in [3.8, 4) is 0 Å². The van der Waals surface area contributed by atoms with E-state index in [1.54, 1.807) is 0 Å². The Kier molecular flexibility index (Phi) is 4.14. The van der Waals surface area contributed by atoms with Crippen LogP contribution in [0, 0.1) is 0 Å². The Balaban J connectivity index is 1.60. The fraction of sp³-hybridized carbons (Fsp3) is 0.438. The highest BCUT2D eigenvalue weighted by atomic mass is 16.3. The summed E-state index contributed by atoms with van der Waals surface area (Å²) in [6.45, 7) is 2.72. The molecule has 2 atom stereocenters. The number of likely N-dealkylation sites (tertiary alicyclic amines) is 1. The molecular weight excluding hydrogens is 250 g/mol. The number of nitrogens with zero attached hydrogens (tertiary/aromatic N) is 2. The second kappa shape index (κ2) is 6.20. The molecule has 1 fully saturated rings. The molecule has 1 aliphatic rings. The van der Waals surface area contributed by atoms with E-state index < -0.39 is 6.10 Å². The molecule has 106 valence electrons. The van der Waals surface area contributed by atoms with Crippen LogP contribution in [-0.2, 0) is 0 Å². The van der Waals surface area contributed by atoms with Crippen molar-refractivity contribution < 1.29 is 5.11 Å². The van der Waals surface area contributed by atoms with E-state index >= 15 is 0 Å². The standard InChI is InChI=1S/C16H21N3O/c20-15(13-5-2-1-3-6-13)12-19-10-4-7-14(11-19)16-17-8-9-18-16/h1-3,5-6,8-9,14-15,20H,4,7,10-12H2,(H,17,18)/t14?,15-/m0/s1. The van der Waals surface area contributed by atoms with Gasteiger partial charge in [0.05, 0.1) is 6.10 Å². The predicted octanol–water partition coefficient (Wildman–Crippen LogP) is 2.32. The first-order valence-electron chi connectivity index (χ1n) is 7.27. The van der Waals surface area contributed by atoms with Crippen molar-refractivity contribution in [1.82, 2.24) is 14.9 Å². The molecule has 20 heavy (non-hydrogen) atoms. The summed E-state index contributed by atoms with van der Waals surface area (Å²) in [5, 5.41) is 10.3. The molecule has 2 N–H and O–H groups in total. The van der Waals surface area contributed by atoms with Gasteiger partial charge in [-0.25, -0.2) is 4.98 Å². The lowest BCUT2D eigenvalue weighted by atomic mass is 9.96. The Morgan fingerprint density at radius 1 is 1.35 bits per heavy atom. The number of aromatic amines is 1. The molecular formula is C16H21N3O. The van der Waals surface area contributed by atoms with Crippen LogP contribution in [-0.4, -0.2) is 39.6 Å². The molecule has 1 saturated heterocycles. The van der Waals surface area contributed by atoms with Gasteiger partial charge in [-0.05, 0) is 24.9 Å². The van der Waals surface area contributed by atoms with Crippen molar-refractivity contribution in [3.63, 3.8) is 0 Å². The van der Waals surface area contributed by atoms with Gasteiger partial charge in [-0.15, -0.1) is 0 Å². The fourth-order valence-corrected chi connectivity index (χ4v) is 2.97. The Morgan fingerprint density at radius 2 is 2.20 bits per heavy atom. The van der Waals surface area contributed by atoms with Gasteiger partial charge in [0.15, 0.2) is 0 Å². The van der Waals surface area contributed by atoms with Gasteiger partial charge in [-0.3, -0.25) is 4.90 Å². The van der Waals surface area contributed by atoms with Crippen molar-refractivity contribution in [2.45, 2.75) is 24.9 Å². The van der Waals surface area contributed by atoms with Gasteiger partial charge in [0.25, 0.3) is 0 Å². The normalized spacial score (nSPS) is 21.8. The molecule has 1 unspecified atom stereocenters. The smallest absolute Gasteiger partial charge is 0.110 e. The van der Waals surface area contributed by atoms with E-state index in [2.05, 4.69) is 14.9 Å². The lowest BCUT2D eigenvalue weighted by Crippen LogP contribution is -2.37. The maximum atomic E-state index is 10.3. The molecule has 1 aliphatic heterocycles. The summed E-state index contributed by atoms with van der Waals surface area (Å²) >= 11 is 0. The number of rotatable bonds is 4. The summed E-state index contributed by atoms with van der Waals surface area (Å²) in [5.74, 6) is 1.53. The van der Waals surface area contributed by atoms with Crippen LogP contribution in [0.4, 0.5) is 0 Å². The lowest BCUT2D eigenvalue weighted by molar-refractivity contribution is 0.0946. The van der Waals surface area contributed by atoms with Crippen LogP contribution in [0.15, 0.2) is 42.7 Å². The number of hydrogen-bond acceptors (Lipinski definition) is 3. The van der Waals surface area contributed by atoms with Crippen LogP contribution in [0.5, 0.6) is 0 Å². The summed E-state index contributed by atoms with van der Waals surface area (Å²) in [7, 11) is 0. The van der Waals surface area contributed by atoms with Crippen LogP contribution in [0.3, 0.4) is 0 Å².